The minimum atomic E-state index is 0. The van der Waals surface area contributed by atoms with Gasteiger partial charge in [-0.2, -0.15) is 0 Å². The Morgan fingerprint density at radius 1 is 0.359 bits per heavy atom. The fourth-order valence-electron chi connectivity index (χ4n) is 10.8. The molecule has 0 aliphatic carbocycles. The van der Waals surface area contributed by atoms with Crippen LogP contribution in [0.1, 0.15) is 126 Å². The van der Waals surface area contributed by atoms with Gasteiger partial charge in [0.2, 0.25) is 0 Å². The Balaban J connectivity index is 0.000000181. The van der Waals surface area contributed by atoms with E-state index in [9.17, 15) is 0 Å². The van der Waals surface area contributed by atoms with Gasteiger partial charge in [-0.3, -0.25) is 0 Å². The zero-order valence-corrected chi connectivity index (χ0v) is 58.3. The first-order valence-electron chi connectivity index (χ1n) is 32.3. The Labute approximate surface area is 576 Å². The third-order valence-electron chi connectivity index (χ3n) is 16.3. The highest BCUT2D eigenvalue weighted by Crippen LogP contribution is 2.53. The number of anilines is 8. The summed E-state index contributed by atoms with van der Waals surface area (Å²) in [5, 5.41) is 3.32. The third kappa shape index (κ3) is 20.1. The van der Waals surface area contributed by atoms with Gasteiger partial charge >= 0.3 is 0 Å². The lowest BCUT2D eigenvalue weighted by molar-refractivity contribution is 0.233. The number of nitrogens with one attached hydrogen (secondary N) is 1. The normalized spacial score (nSPS) is 12.6. The number of hydrogen-bond donors (Lipinski definition) is 1. The number of hydrogen-bond acceptors (Lipinski definition) is 9. The number of nitrogens with zero attached hydrogens (tertiary/aromatic N) is 2. The number of rotatable bonds is 23. The molecular weight excluding hydrogens is 1340 g/mol. The minimum Gasteiger partial charge on any atom is -0.493 e. The summed E-state index contributed by atoms with van der Waals surface area (Å²) < 4.78 is 39.1. The van der Waals surface area contributed by atoms with Crippen LogP contribution < -0.4 is 43.5 Å². The van der Waals surface area contributed by atoms with Crippen molar-refractivity contribution >= 4 is 102 Å². The van der Waals surface area contributed by atoms with E-state index in [1.165, 1.54) is 70.6 Å². The van der Waals surface area contributed by atoms with Crippen molar-refractivity contribution in [3.8, 4) is 51.7 Å². The summed E-state index contributed by atoms with van der Waals surface area (Å²) in [7, 11) is 0. The molecule has 9 aromatic rings. The zero-order valence-electron chi connectivity index (χ0n) is 53.5. The van der Waals surface area contributed by atoms with E-state index in [0.29, 0.717) is 17.8 Å². The topological polar surface area (TPSA) is 73.9 Å². The molecule has 0 aromatic heterocycles. The second-order valence-electron chi connectivity index (χ2n) is 22.9. The summed E-state index contributed by atoms with van der Waals surface area (Å²) in [6.45, 7) is 15.9. The van der Waals surface area contributed by atoms with Gasteiger partial charge in [-0.15, -0.1) is 0 Å². The van der Waals surface area contributed by atoms with Crippen molar-refractivity contribution in [1.29, 1.82) is 0 Å². The fraction of sp³-hybridized carbons (Fsp3) is 0.316. The maximum absolute atomic E-state index is 6.20. The predicted molar refractivity (Wildman–Crippen MR) is 397 cm³/mol. The Hall–Kier alpha value is -7.32. The van der Waals surface area contributed by atoms with Gasteiger partial charge in [0.05, 0.1) is 53.9 Å². The molecular formula is C79H90BBr3N3O6. The van der Waals surface area contributed by atoms with Gasteiger partial charge in [0, 0.05) is 33.2 Å². The van der Waals surface area contributed by atoms with Crippen molar-refractivity contribution in [3.63, 3.8) is 0 Å². The maximum atomic E-state index is 6.20. The Kier molecular flexibility index (Phi) is 29.3. The highest BCUT2D eigenvalue weighted by molar-refractivity contribution is 9.11. The second kappa shape index (κ2) is 37.4. The van der Waals surface area contributed by atoms with Crippen LogP contribution in [0, 0.1) is 17.8 Å². The molecule has 0 saturated heterocycles. The molecule has 0 fully saturated rings. The van der Waals surface area contributed by atoms with Crippen LogP contribution >= 0.6 is 47.8 Å². The highest BCUT2D eigenvalue weighted by atomic mass is 79.9. The Morgan fingerprint density at radius 3 is 1.03 bits per heavy atom. The standard InChI is InChI=1S/C26H27Br2NO2.C26H29NO2.C14H21BrO.C12H9NO.CH4.B/c1-3-5-6-18(4-2)17-30-22-11-9-21(10-12-22)29-23-13-7-19(27)15-25(23)31-26-16-20(28)8-14-24(26)29;1-3-5-10-20(4-2)19-28-22-17-15-21(16-18-22)27-23-11-6-8-13-25(23)29-26-14-9-7-12-24(26)27;1-3-5-6-12(4-2)11-16-14-9-7-13(15)8-10-14;1-3-7-11-9(5-1)13-10-6-2-4-8-12(10)14-11;;/h7-16,18H,3-6,17H2,1-2H3;6-9,11-18,20H,3-5,10,19H2,1-2H3;7-10,12H,3-6,11H2,1-2H3;1-8,13H;1H4;. The lowest BCUT2D eigenvalue weighted by Crippen LogP contribution is -2.16. The molecule has 9 nitrogen and oxygen atoms in total. The molecule has 3 radical (unpaired) electrons. The highest BCUT2D eigenvalue weighted by Gasteiger charge is 2.28. The van der Waals surface area contributed by atoms with Gasteiger partial charge in [-0.25, -0.2) is 0 Å². The number of para-hydroxylation sites is 8. The first-order chi connectivity index (χ1) is 44.1. The molecule has 3 aliphatic rings. The number of ether oxygens (including phenoxy) is 6. The van der Waals surface area contributed by atoms with Gasteiger partial charge < -0.3 is 43.5 Å². The van der Waals surface area contributed by atoms with Crippen LogP contribution in [-0.2, 0) is 0 Å². The van der Waals surface area contributed by atoms with E-state index in [1.54, 1.807) is 0 Å². The average molecular weight is 1430 g/mol. The zero-order chi connectivity index (χ0) is 63.0. The summed E-state index contributed by atoms with van der Waals surface area (Å²) in [6.07, 6.45) is 14.9. The number of unbranched alkanes of at least 4 members (excludes halogenated alkanes) is 3. The number of fused-ring (bicyclic) bond motifs is 6. The molecule has 1 N–H and O–H groups in total. The molecule has 9 aromatic carbocycles. The molecule has 13 heteroatoms. The molecule has 3 aliphatic heterocycles. The number of halogens is 3. The van der Waals surface area contributed by atoms with Crippen LogP contribution in [0.5, 0.6) is 51.7 Å². The van der Waals surface area contributed by atoms with Crippen LogP contribution in [0.15, 0.2) is 220 Å². The summed E-state index contributed by atoms with van der Waals surface area (Å²) >= 11 is 10.5. The first kappa shape index (κ1) is 72.1. The third-order valence-corrected chi connectivity index (χ3v) is 17.8. The minimum absolute atomic E-state index is 0. The monoisotopic (exact) mass is 1420 g/mol. The van der Waals surface area contributed by atoms with Crippen molar-refractivity contribution in [2.75, 3.05) is 34.9 Å². The van der Waals surface area contributed by atoms with E-state index in [2.05, 4.69) is 177 Å². The molecule has 481 valence electrons. The summed E-state index contributed by atoms with van der Waals surface area (Å²) in [5.41, 5.74) is 8.32. The summed E-state index contributed by atoms with van der Waals surface area (Å²) in [6, 6.07) is 69.2. The second-order valence-corrected chi connectivity index (χ2v) is 25.6. The molecule has 3 heterocycles. The van der Waals surface area contributed by atoms with E-state index < -0.39 is 0 Å². The van der Waals surface area contributed by atoms with Gasteiger partial charge in [-0.1, -0.05) is 203 Å². The van der Waals surface area contributed by atoms with Crippen molar-refractivity contribution in [3.05, 3.63) is 220 Å². The lowest BCUT2D eigenvalue weighted by atomic mass is 10.0. The van der Waals surface area contributed by atoms with E-state index >= 15 is 0 Å². The largest absolute Gasteiger partial charge is 0.493 e. The van der Waals surface area contributed by atoms with Crippen molar-refractivity contribution in [2.45, 2.75) is 126 Å². The molecule has 92 heavy (non-hydrogen) atoms. The van der Waals surface area contributed by atoms with Crippen molar-refractivity contribution in [2.24, 2.45) is 17.8 Å². The molecule has 0 bridgehead atoms. The molecule has 0 saturated carbocycles. The summed E-state index contributed by atoms with van der Waals surface area (Å²) in [5.74, 6) is 9.91. The van der Waals surface area contributed by atoms with Crippen LogP contribution in [0.2, 0.25) is 0 Å². The molecule has 12 rings (SSSR count). The van der Waals surface area contributed by atoms with Gasteiger partial charge in [0.15, 0.2) is 34.5 Å². The van der Waals surface area contributed by atoms with Gasteiger partial charge in [-0.05, 0) is 195 Å². The van der Waals surface area contributed by atoms with Gasteiger partial charge in [0.25, 0.3) is 0 Å². The average Bonchev–Trinajstić information content (AvgIpc) is 0.805. The number of benzene rings is 9. The Bertz CT molecular complexity index is 3460. The van der Waals surface area contributed by atoms with E-state index in [4.69, 9.17) is 28.4 Å². The van der Waals surface area contributed by atoms with Crippen molar-refractivity contribution in [1.82, 2.24) is 0 Å². The smallest absolute Gasteiger partial charge is 0.152 e. The summed E-state index contributed by atoms with van der Waals surface area (Å²) in [4.78, 5) is 4.47. The SMILES string of the molecule is C.CCCCC(CC)COc1ccc(Br)cc1.CCCCC(CC)COc1ccc(N2c3ccc(Br)cc3Oc3cc(Br)ccc32)cc1.CCCCC(CC)COc1ccc(N2c3ccccc3Oc3ccccc32)cc1.[B].c1ccc2c(c1)Nc1ccccc1O2. The molecule has 0 amide bonds. The Morgan fingerprint density at radius 2 is 0.663 bits per heavy atom. The van der Waals surface area contributed by atoms with Crippen LogP contribution in [0.4, 0.5) is 45.5 Å². The quantitative estimate of drug-likeness (QED) is 0.0631. The molecule has 3 unspecified atom stereocenters. The fourth-order valence-corrected chi connectivity index (χ4v) is 11.8. The van der Waals surface area contributed by atoms with Crippen molar-refractivity contribution < 1.29 is 28.4 Å². The van der Waals surface area contributed by atoms with E-state index in [-0.39, 0.29) is 15.8 Å². The van der Waals surface area contributed by atoms with E-state index in [0.717, 1.165) is 137 Å². The van der Waals surface area contributed by atoms with E-state index in [1.807, 2.05) is 133 Å². The van der Waals surface area contributed by atoms with Crippen LogP contribution in [0.3, 0.4) is 0 Å². The van der Waals surface area contributed by atoms with Crippen LogP contribution in [-0.4, -0.2) is 28.2 Å². The lowest BCUT2D eigenvalue weighted by Gasteiger charge is -2.33. The maximum Gasteiger partial charge on any atom is 0.152 e. The van der Waals surface area contributed by atoms with Crippen LogP contribution in [0.25, 0.3) is 0 Å². The first-order valence-corrected chi connectivity index (χ1v) is 34.7. The predicted octanol–water partition coefficient (Wildman–Crippen LogP) is 26.1. The molecule has 3 atom stereocenters. The molecule has 0 spiro atoms. The van der Waals surface area contributed by atoms with Gasteiger partial charge in [0.1, 0.15) is 17.2 Å².